The number of carbonyl (C=O) groups excluding carboxylic acids is 3. The third-order valence-electron chi connectivity index (χ3n) is 8.84. The second-order valence-electron chi connectivity index (χ2n) is 14.4. The Labute approximate surface area is 320 Å². The Bertz CT molecular complexity index is 923. The Morgan fingerprint density at radius 1 is 0.811 bits per heavy atom. The molecule has 0 saturated carbocycles. The van der Waals surface area contributed by atoms with E-state index in [2.05, 4.69) is 26.1 Å². The molecule has 1 fully saturated rings. The number of hydrogen-bond donors (Lipinski definition) is 2. The maximum absolute atomic E-state index is 12.3. The minimum atomic E-state index is -0.284. The molecule has 0 aromatic heterocycles. The molecule has 1 rings (SSSR count). The van der Waals surface area contributed by atoms with E-state index < -0.39 is 0 Å². The molecule has 0 aliphatic carbocycles. The van der Waals surface area contributed by atoms with Crippen LogP contribution in [0.2, 0.25) is 0 Å². The molecular weight excluding hydrogens is 688 g/mol. The van der Waals surface area contributed by atoms with Crippen LogP contribution in [0.1, 0.15) is 99.8 Å². The van der Waals surface area contributed by atoms with E-state index in [9.17, 15) is 14.4 Å². The zero-order chi connectivity index (χ0) is 39.9. The molecule has 0 aromatic rings. The summed E-state index contributed by atoms with van der Waals surface area (Å²) in [5, 5.41) is 9.83. The second-order valence-corrected chi connectivity index (χ2v) is 14.4. The first-order valence-electron chi connectivity index (χ1n) is 19.6. The SMILES string of the molecule is CCC1CC(=O)N(CCC(=O)NCCCOCC(COCCOCCC(C)OCCC(C)(C)OC)OCCOCCC(C)OCCC(C)C)C1=O.CO. The summed E-state index contributed by atoms with van der Waals surface area (Å²) in [6, 6.07) is 0. The highest BCUT2D eigenvalue weighted by Crippen LogP contribution is 2.22. The average molecular weight is 765 g/mol. The van der Waals surface area contributed by atoms with Crippen LogP contribution < -0.4 is 5.32 Å². The molecule has 0 bridgehead atoms. The van der Waals surface area contributed by atoms with Crippen molar-refractivity contribution in [3.63, 3.8) is 0 Å². The van der Waals surface area contributed by atoms with Crippen molar-refractivity contribution < 1.29 is 57.4 Å². The van der Waals surface area contributed by atoms with Gasteiger partial charge in [-0.3, -0.25) is 19.3 Å². The number of aliphatic hydroxyl groups excluding tert-OH is 1. The van der Waals surface area contributed by atoms with Gasteiger partial charge in [0.25, 0.3) is 0 Å². The number of aliphatic hydroxyl groups is 1. The maximum atomic E-state index is 12.3. The Morgan fingerprint density at radius 3 is 1.98 bits per heavy atom. The lowest BCUT2D eigenvalue weighted by Crippen LogP contribution is -2.35. The van der Waals surface area contributed by atoms with E-state index >= 15 is 0 Å². The Balaban J connectivity index is 0.0000133. The third kappa shape index (κ3) is 27.5. The predicted molar refractivity (Wildman–Crippen MR) is 204 cm³/mol. The highest BCUT2D eigenvalue weighted by Gasteiger charge is 2.37. The van der Waals surface area contributed by atoms with Gasteiger partial charge in [0.05, 0.1) is 57.5 Å². The fourth-order valence-corrected chi connectivity index (χ4v) is 4.96. The number of likely N-dealkylation sites (tertiary alicyclic amines) is 1. The number of ether oxygens (including phenoxy) is 8. The molecule has 53 heavy (non-hydrogen) atoms. The van der Waals surface area contributed by atoms with Crippen molar-refractivity contribution in [1.82, 2.24) is 10.2 Å². The number of imide groups is 1. The lowest BCUT2D eigenvalue weighted by atomic mass is 10.1. The number of carbonyl (C=O) groups is 3. The largest absolute Gasteiger partial charge is 0.400 e. The zero-order valence-corrected chi connectivity index (χ0v) is 34.6. The molecule has 14 heteroatoms. The molecule has 0 spiro atoms. The molecule has 1 aliphatic rings. The summed E-state index contributed by atoms with van der Waals surface area (Å²) in [6.07, 6.45) is 5.06. The molecule has 4 atom stereocenters. The summed E-state index contributed by atoms with van der Waals surface area (Å²) in [5.74, 6) is -0.191. The molecule has 1 saturated heterocycles. The predicted octanol–water partition coefficient (Wildman–Crippen LogP) is 4.18. The number of nitrogens with zero attached hydrogens (tertiary/aromatic N) is 1. The molecule has 0 aromatic carbocycles. The highest BCUT2D eigenvalue weighted by molar-refractivity contribution is 6.03. The van der Waals surface area contributed by atoms with Gasteiger partial charge in [0.1, 0.15) is 6.10 Å². The van der Waals surface area contributed by atoms with Crippen molar-refractivity contribution >= 4 is 17.7 Å². The molecule has 3 amide bonds. The van der Waals surface area contributed by atoms with E-state index in [1.807, 2.05) is 27.7 Å². The van der Waals surface area contributed by atoms with Gasteiger partial charge < -0.3 is 48.3 Å². The smallest absolute Gasteiger partial charge is 0.232 e. The van der Waals surface area contributed by atoms with Gasteiger partial charge in [0.15, 0.2) is 0 Å². The number of rotatable bonds is 34. The maximum Gasteiger partial charge on any atom is 0.232 e. The lowest BCUT2D eigenvalue weighted by molar-refractivity contribution is -0.139. The summed E-state index contributed by atoms with van der Waals surface area (Å²) >= 11 is 0. The molecule has 0 radical (unpaired) electrons. The lowest BCUT2D eigenvalue weighted by Gasteiger charge is -2.23. The van der Waals surface area contributed by atoms with E-state index in [-0.39, 0.29) is 66.9 Å². The van der Waals surface area contributed by atoms with Crippen LogP contribution >= 0.6 is 0 Å². The fraction of sp³-hybridized carbons (Fsp3) is 0.923. The van der Waals surface area contributed by atoms with E-state index in [1.165, 1.54) is 4.90 Å². The van der Waals surface area contributed by atoms with Crippen LogP contribution in [0.4, 0.5) is 0 Å². The molecular formula is C39H76N2O12. The first kappa shape index (κ1) is 51.2. The van der Waals surface area contributed by atoms with Gasteiger partial charge in [0, 0.05) is 79.1 Å². The van der Waals surface area contributed by atoms with Gasteiger partial charge in [-0.15, -0.1) is 0 Å². The summed E-state index contributed by atoms with van der Waals surface area (Å²) in [5.41, 5.74) is -0.189. The Hall–Kier alpha value is -1.75. The van der Waals surface area contributed by atoms with Crippen molar-refractivity contribution in [3.05, 3.63) is 0 Å². The number of amides is 3. The summed E-state index contributed by atoms with van der Waals surface area (Å²) in [4.78, 5) is 37.8. The highest BCUT2D eigenvalue weighted by atomic mass is 16.6. The van der Waals surface area contributed by atoms with Crippen LogP contribution in [0.15, 0.2) is 0 Å². The van der Waals surface area contributed by atoms with Crippen molar-refractivity contribution in [3.8, 4) is 0 Å². The van der Waals surface area contributed by atoms with E-state index in [0.717, 1.165) is 39.4 Å². The normalized spacial score (nSPS) is 16.5. The van der Waals surface area contributed by atoms with Crippen LogP contribution in [0.5, 0.6) is 0 Å². The first-order chi connectivity index (χ1) is 25.4. The topological polar surface area (TPSA) is 161 Å². The molecule has 4 unspecified atom stereocenters. The zero-order valence-electron chi connectivity index (χ0n) is 34.6. The van der Waals surface area contributed by atoms with Crippen LogP contribution in [0.25, 0.3) is 0 Å². The van der Waals surface area contributed by atoms with Crippen LogP contribution in [0.3, 0.4) is 0 Å². The van der Waals surface area contributed by atoms with Crippen LogP contribution in [-0.4, -0.2) is 152 Å². The first-order valence-corrected chi connectivity index (χ1v) is 19.6. The minimum absolute atomic E-state index is 0.0953. The van der Waals surface area contributed by atoms with Gasteiger partial charge in [-0.05, 0) is 72.1 Å². The van der Waals surface area contributed by atoms with Crippen molar-refractivity contribution in [1.29, 1.82) is 0 Å². The number of methoxy groups -OCH3 is 1. The van der Waals surface area contributed by atoms with E-state index in [4.69, 9.17) is 43.0 Å². The average Bonchev–Trinajstić information content (AvgIpc) is 3.41. The third-order valence-corrected chi connectivity index (χ3v) is 8.84. The minimum Gasteiger partial charge on any atom is -0.400 e. The molecule has 1 heterocycles. The number of hydrogen-bond acceptors (Lipinski definition) is 12. The van der Waals surface area contributed by atoms with Gasteiger partial charge in [-0.1, -0.05) is 20.8 Å². The van der Waals surface area contributed by atoms with E-state index in [0.29, 0.717) is 91.4 Å². The van der Waals surface area contributed by atoms with Gasteiger partial charge in [0.2, 0.25) is 17.7 Å². The Morgan fingerprint density at radius 2 is 1.40 bits per heavy atom. The fourth-order valence-electron chi connectivity index (χ4n) is 4.96. The molecule has 314 valence electrons. The summed E-state index contributed by atoms with van der Waals surface area (Å²) in [7, 11) is 2.71. The summed E-state index contributed by atoms with van der Waals surface area (Å²) in [6.45, 7) is 20.5. The monoisotopic (exact) mass is 765 g/mol. The van der Waals surface area contributed by atoms with E-state index in [1.54, 1.807) is 7.11 Å². The van der Waals surface area contributed by atoms with Crippen molar-refractivity contribution in [2.45, 2.75) is 124 Å². The van der Waals surface area contributed by atoms with Crippen molar-refractivity contribution in [2.75, 3.05) is 100.0 Å². The second kappa shape index (κ2) is 32.5. The molecule has 14 nitrogen and oxygen atoms in total. The van der Waals surface area contributed by atoms with Crippen LogP contribution in [0, 0.1) is 11.8 Å². The number of nitrogens with one attached hydrogen (secondary N) is 1. The summed E-state index contributed by atoms with van der Waals surface area (Å²) < 4.78 is 46.4. The molecule has 1 aliphatic heterocycles. The quantitative estimate of drug-likeness (QED) is 0.0712. The Kier molecular flexibility index (Phi) is 31.4. The van der Waals surface area contributed by atoms with Crippen LogP contribution in [-0.2, 0) is 52.3 Å². The standard InChI is InChI=1S/C38H72N2O11.CH4O/c1-9-33-27-36(42)40(37(33)43)17-11-35(41)39-16-10-18-47-28-34(51-26-25-46-20-13-31(4)49-21-12-30(2)3)29-48-24-23-45-19-14-32(5)50-22-15-38(6,7)44-8;1-2/h30-34H,9-29H2,1-8H3,(H,39,41);2H,1H3. The van der Waals surface area contributed by atoms with Gasteiger partial charge >= 0.3 is 0 Å². The van der Waals surface area contributed by atoms with Crippen molar-refractivity contribution in [2.24, 2.45) is 11.8 Å². The molecule has 2 N–H and O–H groups in total. The van der Waals surface area contributed by atoms with Gasteiger partial charge in [-0.25, -0.2) is 0 Å². The van der Waals surface area contributed by atoms with Gasteiger partial charge in [-0.2, -0.15) is 0 Å².